The molecular weight excluding hydrogens is 390 g/mol. The first kappa shape index (κ1) is 21.8. The van der Waals surface area contributed by atoms with E-state index in [0.717, 1.165) is 57.2 Å². The van der Waals surface area contributed by atoms with Crippen LogP contribution in [0.15, 0.2) is 30.3 Å². The molecular formula is C25H35N3O3. The van der Waals surface area contributed by atoms with Gasteiger partial charge in [0.05, 0.1) is 0 Å². The summed E-state index contributed by atoms with van der Waals surface area (Å²) >= 11 is 0. The highest BCUT2D eigenvalue weighted by atomic mass is 16.2. The topological polar surface area (TPSA) is 60.9 Å². The van der Waals surface area contributed by atoms with Crippen molar-refractivity contribution in [3.8, 4) is 0 Å². The summed E-state index contributed by atoms with van der Waals surface area (Å²) in [4.78, 5) is 45.0. The largest absolute Gasteiger partial charge is 0.342 e. The number of nitrogens with zero attached hydrogens (tertiary/aromatic N) is 3. The molecule has 0 aromatic heterocycles. The van der Waals surface area contributed by atoms with Crippen molar-refractivity contribution in [2.24, 2.45) is 5.92 Å². The van der Waals surface area contributed by atoms with Crippen LogP contribution in [0.4, 0.5) is 0 Å². The summed E-state index contributed by atoms with van der Waals surface area (Å²) in [5, 5.41) is 0. The average Bonchev–Trinajstić information content (AvgIpc) is 3.10. The summed E-state index contributed by atoms with van der Waals surface area (Å²) in [6.07, 6.45) is 8.43. The van der Waals surface area contributed by atoms with Gasteiger partial charge in [0.25, 0.3) is 0 Å². The van der Waals surface area contributed by atoms with Crippen molar-refractivity contribution in [2.45, 2.75) is 63.8 Å². The van der Waals surface area contributed by atoms with Crippen molar-refractivity contribution in [2.75, 3.05) is 32.7 Å². The van der Waals surface area contributed by atoms with E-state index in [2.05, 4.69) is 0 Å². The van der Waals surface area contributed by atoms with E-state index in [0.29, 0.717) is 26.1 Å². The average molecular weight is 426 g/mol. The molecule has 1 atom stereocenters. The zero-order valence-electron chi connectivity index (χ0n) is 18.5. The Bertz CT molecular complexity index is 765. The molecule has 0 aliphatic carbocycles. The van der Waals surface area contributed by atoms with Crippen molar-refractivity contribution >= 4 is 17.7 Å². The second kappa shape index (κ2) is 10.3. The molecule has 3 aliphatic rings. The Morgan fingerprint density at radius 2 is 1.42 bits per heavy atom. The fourth-order valence-corrected chi connectivity index (χ4v) is 5.26. The lowest BCUT2D eigenvalue weighted by Crippen LogP contribution is -2.50. The lowest BCUT2D eigenvalue weighted by Gasteiger charge is -2.39. The second-order valence-electron chi connectivity index (χ2n) is 9.20. The lowest BCUT2D eigenvalue weighted by atomic mass is 9.93. The molecule has 6 heteroatoms. The minimum absolute atomic E-state index is 0.00196. The Labute approximate surface area is 185 Å². The summed E-state index contributed by atoms with van der Waals surface area (Å²) in [6, 6.07) is 9.13. The Balaban J connectivity index is 1.42. The predicted molar refractivity (Wildman–Crippen MR) is 119 cm³/mol. The van der Waals surface area contributed by atoms with Gasteiger partial charge in [-0.3, -0.25) is 14.4 Å². The van der Waals surface area contributed by atoms with Gasteiger partial charge in [0.1, 0.15) is 6.04 Å². The summed E-state index contributed by atoms with van der Waals surface area (Å²) in [5.41, 5.74) is 0.880. The van der Waals surface area contributed by atoms with Crippen LogP contribution in [-0.2, 0) is 14.4 Å². The highest BCUT2D eigenvalue weighted by molar-refractivity contribution is 5.89. The molecule has 3 aliphatic heterocycles. The fraction of sp³-hybridized carbons (Fsp3) is 0.640. The maximum atomic E-state index is 13.6. The SMILES string of the molecule is O=C(C1CCN(C(=O)C(c2ccccc2)N2CCCCC2=O)CC1)N1CCCCCC1. The molecule has 0 N–H and O–H groups in total. The van der Waals surface area contributed by atoms with Crippen LogP contribution in [0.25, 0.3) is 0 Å². The molecule has 0 spiro atoms. The van der Waals surface area contributed by atoms with Crippen molar-refractivity contribution in [1.82, 2.24) is 14.7 Å². The van der Waals surface area contributed by atoms with Crippen LogP contribution >= 0.6 is 0 Å². The number of carbonyl (C=O) groups is 3. The van der Waals surface area contributed by atoms with E-state index >= 15 is 0 Å². The Morgan fingerprint density at radius 1 is 0.774 bits per heavy atom. The number of rotatable bonds is 4. The van der Waals surface area contributed by atoms with Crippen LogP contribution in [-0.4, -0.2) is 65.1 Å². The number of likely N-dealkylation sites (tertiary alicyclic amines) is 3. The summed E-state index contributed by atoms with van der Waals surface area (Å²) in [7, 11) is 0. The molecule has 1 unspecified atom stereocenters. The van der Waals surface area contributed by atoms with Crippen LogP contribution in [0.5, 0.6) is 0 Å². The Kier molecular flexibility index (Phi) is 7.25. The summed E-state index contributed by atoms with van der Waals surface area (Å²) in [5.74, 6) is 0.371. The van der Waals surface area contributed by atoms with Gasteiger partial charge in [0.2, 0.25) is 17.7 Å². The fourth-order valence-electron chi connectivity index (χ4n) is 5.26. The number of benzene rings is 1. The lowest BCUT2D eigenvalue weighted by molar-refractivity contribution is -0.149. The first-order valence-corrected chi connectivity index (χ1v) is 12.1. The van der Waals surface area contributed by atoms with Crippen LogP contribution < -0.4 is 0 Å². The Hall–Kier alpha value is -2.37. The normalized spacial score (nSPS) is 22.2. The third kappa shape index (κ3) is 5.10. The highest BCUT2D eigenvalue weighted by Gasteiger charge is 2.37. The van der Waals surface area contributed by atoms with Gasteiger partial charge in [0, 0.05) is 45.1 Å². The minimum atomic E-state index is -0.549. The van der Waals surface area contributed by atoms with E-state index in [-0.39, 0.29) is 23.6 Å². The molecule has 168 valence electrons. The molecule has 31 heavy (non-hydrogen) atoms. The number of hydrogen-bond donors (Lipinski definition) is 0. The van der Waals surface area contributed by atoms with Gasteiger partial charge in [-0.25, -0.2) is 0 Å². The van der Waals surface area contributed by atoms with Gasteiger partial charge in [-0.05, 0) is 44.1 Å². The number of amides is 3. The number of piperidine rings is 2. The molecule has 0 radical (unpaired) electrons. The maximum Gasteiger partial charge on any atom is 0.250 e. The zero-order chi connectivity index (χ0) is 21.6. The van der Waals surface area contributed by atoms with Gasteiger partial charge in [-0.15, -0.1) is 0 Å². The highest BCUT2D eigenvalue weighted by Crippen LogP contribution is 2.30. The molecule has 0 saturated carbocycles. The molecule has 1 aromatic rings. The number of carbonyl (C=O) groups excluding carboxylic acids is 3. The summed E-state index contributed by atoms with van der Waals surface area (Å²) in [6.45, 7) is 3.58. The second-order valence-corrected chi connectivity index (χ2v) is 9.20. The van der Waals surface area contributed by atoms with Gasteiger partial charge in [-0.2, -0.15) is 0 Å². The Morgan fingerprint density at radius 3 is 2.06 bits per heavy atom. The first-order chi connectivity index (χ1) is 15.1. The molecule has 0 bridgehead atoms. The minimum Gasteiger partial charge on any atom is -0.342 e. The van der Waals surface area contributed by atoms with Crippen molar-refractivity contribution in [1.29, 1.82) is 0 Å². The maximum absolute atomic E-state index is 13.6. The smallest absolute Gasteiger partial charge is 0.250 e. The van der Waals surface area contributed by atoms with Crippen molar-refractivity contribution in [3.63, 3.8) is 0 Å². The van der Waals surface area contributed by atoms with Gasteiger partial charge in [-0.1, -0.05) is 43.2 Å². The molecule has 3 saturated heterocycles. The summed E-state index contributed by atoms with van der Waals surface area (Å²) < 4.78 is 0. The standard InChI is InChI=1S/C25H35N3O3/c29-22-12-6-9-17-28(22)23(20-10-4-3-5-11-20)25(31)27-18-13-21(14-19-27)24(30)26-15-7-1-2-8-16-26/h3-5,10-11,21,23H,1-2,6-9,12-19H2. The monoisotopic (exact) mass is 425 g/mol. The first-order valence-electron chi connectivity index (χ1n) is 12.1. The molecule has 3 heterocycles. The molecule has 1 aromatic carbocycles. The van der Waals surface area contributed by atoms with Gasteiger partial charge >= 0.3 is 0 Å². The quantitative estimate of drug-likeness (QED) is 0.743. The molecule has 3 amide bonds. The number of hydrogen-bond acceptors (Lipinski definition) is 3. The van der Waals surface area contributed by atoms with Crippen LogP contribution in [0.1, 0.15) is 69.4 Å². The van der Waals surface area contributed by atoms with Crippen molar-refractivity contribution < 1.29 is 14.4 Å². The van der Waals surface area contributed by atoms with E-state index in [4.69, 9.17) is 0 Å². The molecule has 3 fully saturated rings. The zero-order valence-corrected chi connectivity index (χ0v) is 18.5. The van der Waals surface area contributed by atoms with Crippen LogP contribution in [0.2, 0.25) is 0 Å². The van der Waals surface area contributed by atoms with E-state index in [9.17, 15) is 14.4 Å². The third-order valence-corrected chi connectivity index (χ3v) is 7.09. The van der Waals surface area contributed by atoms with Crippen LogP contribution in [0, 0.1) is 5.92 Å². The van der Waals surface area contributed by atoms with Crippen LogP contribution in [0.3, 0.4) is 0 Å². The third-order valence-electron chi connectivity index (χ3n) is 7.09. The van der Waals surface area contributed by atoms with E-state index in [1.54, 1.807) is 4.90 Å². The van der Waals surface area contributed by atoms with Gasteiger partial charge < -0.3 is 14.7 Å². The van der Waals surface area contributed by atoms with E-state index < -0.39 is 6.04 Å². The van der Waals surface area contributed by atoms with E-state index in [1.807, 2.05) is 40.1 Å². The molecule has 6 nitrogen and oxygen atoms in total. The predicted octanol–water partition coefficient (Wildman–Crippen LogP) is 3.38. The molecule has 4 rings (SSSR count). The van der Waals surface area contributed by atoms with Crippen molar-refractivity contribution in [3.05, 3.63) is 35.9 Å². The van der Waals surface area contributed by atoms with Gasteiger partial charge in [0.15, 0.2) is 0 Å². The van der Waals surface area contributed by atoms with E-state index in [1.165, 1.54) is 12.8 Å².